The van der Waals surface area contributed by atoms with E-state index in [9.17, 15) is 9.90 Å². The smallest absolute Gasteiger partial charge is 0.339 e. The first-order valence-electron chi connectivity index (χ1n) is 6.42. The van der Waals surface area contributed by atoms with E-state index in [0.29, 0.717) is 36.2 Å². The SMILES string of the molecule is Cc1nnc(NC2CCOCC2C)c(C(=O)O)c1C. The lowest BCUT2D eigenvalue weighted by Gasteiger charge is -2.30. The number of carboxylic acid groups (broad SMARTS) is 1. The van der Waals surface area contributed by atoms with Crippen LogP contribution in [0.1, 0.15) is 35.0 Å². The Morgan fingerprint density at radius 1 is 1.42 bits per heavy atom. The molecule has 0 saturated carbocycles. The zero-order chi connectivity index (χ0) is 14.0. The fourth-order valence-electron chi connectivity index (χ4n) is 2.24. The fourth-order valence-corrected chi connectivity index (χ4v) is 2.24. The second-order valence-electron chi connectivity index (χ2n) is 5.03. The Balaban J connectivity index is 2.29. The summed E-state index contributed by atoms with van der Waals surface area (Å²) in [5.74, 6) is -0.300. The van der Waals surface area contributed by atoms with E-state index in [4.69, 9.17) is 4.74 Å². The zero-order valence-corrected chi connectivity index (χ0v) is 11.4. The maximum Gasteiger partial charge on any atom is 0.339 e. The van der Waals surface area contributed by atoms with Crippen LogP contribution >= 0.6 is 0 Å². The molecular formula is C13H19N3O3. The lowest BCUT2D eigenvalue weighted by Crippen LogP contribution is -2.36. The molecule has 6 heteroatoms. The van der Waals surface area contributed by atoms with Gasteiger partial charge in [0.1, 0.15) is 5.56 Å². The first-order chi connectivity index (χ1) is 9.00. The monoisotopic (exact) mass is 265 g/mol. The number of anilines is 1. The number of hydrogen-bond acceptors (Lipinski definition) is 5. The molecule has 2 N–H and O–H groups in total. The Hall–Kier alpha value is -1.69. The van der Waals surface area contributed by atoms with Crippen molar-refractivity contribution in [2.75, 3.05) is 18.5 Å². The fraction of sp³-hybridized carbons (Fsp3) is 0.615. The summed E-state index contributed by atoms with van der Waals surface area (Å²) in [6.07, 6.45) is 0.842. The van der Waals surface area contributed by atoms with E-state index in [-0.39, 0.29) is 11.6 Å². The summed E-state index contributed by atoms with van der Waals surface area (Å²) in [4.78, 5) is 11.4. The molecule has 0 aromatic carbocycles. The molecule has 1 aliphatic heterocycles. The number of nitrogens with zero attached hydrogens (tertiary/aromatic N) is 2. The van der Waals surface area contributed by atoms with Crippen molar-refractivity contribution in [1.29, 1.82) is 0 Å². The molecule has 2 heterocycles. The second-order valence-corrected chi connectivity index (χ2v) is 5.03. The lowest BCUT2D eigenvalue weighted by molar-refractivity contribution is 0.0536. The molecule has 0 bridgehead atoms. The summed E-state index contributed by atoms with van der Waals surface area (Å²) < 4.78 is 5.38. The van der Waals surface area contributed by atoms with E-state index >= 15 is 0 Å². The third kappa shape index (κ3) is 2.84. The van der Waals surface area contributed by atoms with Gasteiger partial charge in [0.15, 0.2) is 5.82 Å². The van der Waals surface area contributed by atoms with Gasteiger partial charge in [0.05, 0.1) is 12.3 Å². The van der Waals surface area contributed by atoms with Crippen LogP contribution in [0.2, 0.25) is 0 Å². The lowest BCUT2D eigenvalue weighted by atomic mass is 9.97. The normalized spacial score (nSPS) is 23.1. The molecule has 6 nitrogen and oxygen atoms in total. The minimum absolute atomic E-state index is 0.170. The highest BCUT2D eigenvalue weighted by molar-refractivity contribution is 5.94. The van der Waals surface area contributed by atoms with E-state index in [1.54, 1.807) is 13.8 Å². The Morgan fingerprint density at radius 2 is 2.16 bits per heavy atom. The maximum absolute atomic E-state index is 11.4. The van der Waals surface area contributed by atoms with Gasteiger partial charge in [0.2, 0.25) is 0 Å². The standard InChI is InChI=1S/C13H19N3O3/c1-7-6-19-5-4-10(7)14-12-11(13(17)18)8(2)9(3)15-16-12/h7,10H,4-6H2,1-3H3,(H,14,16)(H,17,18). The molecule has 1 aromatic rings. The van der Waals surface area contributed by atoms with Crippen LogP contribution in [0.25, 0.3) is 0 Å². The Bertz CT molecular complexity index is 490. The Morgan fingerprint density at radius 3 is 2.79 bits per heavy atom. The van der Waals surface area contributed by atoms with E-state index in [1.807, 2.05) is 0 Å². The molecule has 19 heavy (non-hydrogen) atoms. The van der Waals surface area contributed by atoms with Crippen LogP contribution in [-0.4, -0.2) is 40.5 Å². The largest absolute Gasteiger partial charge is 0.478 e. The minimum atomic E-state index is -0.974. The first-order valence-corrected chi connectivity index (χ1v) is 6.42. The van der Waals surface area contributed by atoms with E-state index in [2.05, 4.69) is 22.4 Å². The third-order valence-electron chi connectivity index (χ3n) is 3.63. The van der Waals surface area contributed by atoms with E-state index < -0.39 is 5.97 Å². The molecule has 2 atom stereocenters. The van der Waals surface area contributed by atoms with Crippen molar-refractivity contribution in [3.05, 3.63) is 16.8 Å². The van der Waals surface area contributed by atoms with Gasteiger partial charge in [-0.1, -0.05) is 6.92 Å². The second kappa shape index (κ2) is 5.52. The summed E-state index contributed by atoms with van der Waals surface area (Å²) in [5, 5.41) is 20.6. The number of aromatic carboxylic acids is 1. The van der Waals surface area contributed by atoms with Crippen molar-refractivity contribution in [3.63, 3.8) is 0 Å². The summed E-state index contributed by atoms with van der Waals surface area (Å²) >= 11 is 0. The van der Waals surface area contributed by atoms with E-state index in [1.165, 1.54) is 0 Å². The minimum Gasteiger partial charge on any atom is -0.478 e. The summed E-state index contributed by atoms with van der Waals surface area (Å²) in [6, 6.07) is 0.170. The first kappa shape index (κ1) is 13.7. The van der Waals surface area contributed by atoms with Crippen molar-refractivity contribution in [2.45, 2.75) is 33.2 Å². The highest BCUT2D eigenvalue weighted by atomic mass is 16.5. The molecule has 2 rings (SSSR count). The van der Waals surface area contributed by atoms with Crippen molar-refractivity contribution in [2.24, 2.45) is 5.92 Å². The number of rotatable bonds is 3. The van der Waals surface area contributed by atoms with Gasteiger partial charge < -0.3 is 15.2 Å². The highest BCUT2D eigenvalue weighted by Gasteiger charge is 2.25. The van der Waals surface area contributed by atoms with Gasteiger partial charge in [-0.2, -0.15) is 5.10 Å². The quantitative estimate of drug-likeness (QED) is 0.864. The van der Waals surface area contributed by atoms with Crippen molar-refractivity contribution < 1.29 is 14.6 Å². The predicted molar refractivity (Wildman–Crippen MR) is 70.5 cm³/mol. The van der Waals surface area contributed by atoms with Crippen molar-refractivity contribution in [1.82, 2.24) is 10.2 Å². The molecule has 0 radical (unpaired) electrons. The van der Waals surface area contributed by atoms with Gasteiger partial charge in [-0.25, -0.2) is 4.79 Å². The Kier molecular flexibility index (Phi) is 3.99. The molecular weight excluding hydrogens is 246 g/mol. The van der Waals surface area contributed by atoms with Gasteiger partial charge >= 0.3 is 5.97 Å². The summed E-state index contributed by atoms with van der Waals surface area (Å²) in [5.41, 5.74) is 1.51. The Labute approximate surface area is 112 Å². The number of aromatic nitrogens is 2. The average Bonchev–Trinajstić information content (AvgIpc) is 2.36. The number of aryl methyl sites for hydroxylation is 1. The van der Waals surface area contributed by atoms with Crippen molar-refractivity contribution in [3.8, 4) is 0 Å². The topological polar surface area (TPSA) is 84.3 Å². The van der Waals surface area contributed by atoms with Crippen LogP contribution in [0.3, 0.4) is 0 Å². The molecule has 1 fully saturated rings. The van der Waals surface area contributed by atoms with E-state index in [0.717, 1.165) is 6.42 Å². The number of nitrogens with one attached hydrogen (secondary N) is 1. The molecule has 1 aromatic heterocycles. The van der Waals surface area contributed by atoms with Gasteiger partial charge in [0, 0.05) is 12.6 Å². The molecule has 104 valence electrons. The predicted octanol–water partition coefficient (Wildman–Crippen LogP) is 1.63. The van der Waals surface area contributed by atoms with Crippen LogP contribution in [0.15, 0.2) is 0 Å². The highest BCUT2D eigenvalue weighted by Crippen LogP contribution is 2.23. The van der Waals surface area contributed by atoms with Gasteiger partial charge in [0.25, 0.3) is 0 Å². The summed E-state index contributed by atoms with van der Waals surface area (Å²) in [6.45, 7) is 6.95. The van der Waals surface area contributed by atoms with Gasteiger partial charge in [-0.15, -0.1) is 5.10 Å². The molecule has 0 amide bonds. The molecule has 1 saturated heterocycles. The number of hydrogen-bond donors (Lipinski definition) is 2. The van der Waals surface area contributed by atoms with Crippen molar-refractivity contribution >= 4 is 11.8 Å². The number of carboxylic acids is 1. The van der Waals surface area contributed by atoms with Gasteiger partial charge in [-0.3, -0.25) is 0 Å². The summed E-state index contributed by atoms with van der Waals surface area (Å²) in [7, 11) is 0. The van der Waals surface area contributed by atoms with Crippen LogP contribution in [0, 0.1) is 19.8 Å². The van der Waals surface area contributed by atoms with Crippen LogP contribution in [0.5, 0.6) is 0 Å². The van der Waals surface area contributed by atoms with Crippen LogP contribution in [0.4, 0.5) is 5.82 Å². The maximum atomic E-state index is 11.4. The van der Waals surface area contributed by atoms with Crippen LogP contribution < -0.4 is 5.32 Å². The molecule has 0 spiro atoms. The third-order valence-corrected chi connectivity index (χ3v) is 3.63. The average molecular weight is 265 g/mol. The van der Waals surface area contributed by atoms with Gasteiger partial charge in [-0.05, 0) is 31.7 Å². The number of ether oxygens (including phenoxy) is 1. The zero-order valence-electron chi connectivity index (χ0n) is 11.4. The van der Waals surface area contributed by atoms with Crippen LogP contribution in [-0.2, 0) is 4.74 Å². The number of carbonyl (C=O) groups is 1. The molecule has 2 unspecified atom stereocenters. The molecule has 1 aliphatic rings. The molecule has 0 aliphatic carbocycles.